The Morgan fingerprint density at radius 3 is 2.65 bits per heavy atom. The van der Waals surface area contributed by atoms with Crippen LogP contribution in [0.15, 0.2) is 34.1 Å². The van der Waals surface area contributed by atoms with E-state index in [0.717, 1.165) is 46.4 Å². The molecule has 1 aromatic carbocycles. The molecule has 6 heteroatoms. The van der Waals surface area contributed by atoms with E-state index in [2.05, 4.69) is 26.2 Å². The SMILES string of the molecule is CC(NC(=O)C1(N)CCCC1)c1nc(-c2ccc(Br)cc2)cs1. The number of nitrogens with one attached hydrogen (secondary N) is 1. The fraction of sp³-hybridized carbons (Fsp3) is 0.412. The Balaban J connectivity index is 1.70. The molecular formula is C17H20BrN3OS. The van der Waals surface area contributed by atoms with E-state index >= 15 is 0 Å². The lowest BCUT2D eigenvalue weighted by molar-refractivity contribution is -0.126. The van der Waals surface area contributed by atoms with Crippen molar-refractivity contribution in [3.8, 4) is 11.3 Å². The van der Waals surface area contributed by atoms with Crippen LogP contribution >= 0.6 is 27.3 Å². The van der Waals surface area contributed by atoms with E-state index in [1.165, 1.54) is 0 Å². The molecule has 1 atom stereocenters. The standard InChI is InChI=1S/C17H20BrN3OS/c1-11(20-16(22)17(19)8-2-3-9-17)15-21-14(10-23-15)12-4-6-13(18)7-5-12/h4-7,10-11H,2-3,8-9,19H2,1H3,(H,20,22). The highest BCUT2D eigenvalue weighted by molar-refractivity contribution is 9.10. The minimum atomic E-state index is -0.694. The number of carbonyl (C=O) groups is 1. The monoisotopic (exact) mass is 393 g/mol. The van der Waals surface area contributed by atoms with Gasteiger partial charge in [0.25, 0.3) is 0 Å². The normalized spacial score (nSPS) is 17.9. The Morgan fingerprint density at radius 1 is 1.35 bits per heavy atom. The predicted molar refractivity (Wildman–Crippen MR) is 97.2 cm³/mol. The zero-order chi connectivity index (χ0) is 16.4. The number of halogens is 1. The summed E-state index contributed by atoms with van der Waals surface area (Å²) in [5.41, 5.74) is 7.51. The molecule has 0 radical (unpaired) electrons. The number of nitrogens with zero attached hydrogens (tertiary/aromatic N) is 1. The molecule has 1 aliphatic rings. The average molecular weight is 394 g/mol. The molecule has 0 spiro atoms. The summed E-state index contributed by atoms with van der Waals surface area (Å²) < 4.78 is 1.04. The third-order valence-corrected chi connectivity index (χ3v) is 5.88. The first-order chi connectivity index (χ1) is 11.0. The number of aromatic nitrogens is 1. The number of hydrogen-bond acceptors (Lipinski definition) is 4. The van der Waals surface area contributed by atoms with Crippen LogP contribution in [0.3, 0.4) is 0 Å². The van der Waals surface area contributed by atoms with Crippen molar-refractivity contribution < 1.29 is 4.79 Å². The Hall–Kier alpha value is -1.24. The number of thiazole rings is 1. The largest absolute Gasteiger partial charge is 0.346 e. The lowest BCUT2D eigenvalue weighted by Gasteiger charge is -2.24. The Kier molecular flexibility index (Phi) is 4.85. The zero-order valence-corrected chi connectivity index (χ0v) is 15.4. The van der Waals surface area contributed by atoms with Gasteiger partial charge < -0.3 is 11.1 Å². The highest BCUT2D eigenvalue weighted by Gasteiger charge is 2.37. The van der Waals surface area contributed by atoms with Crippen LogP contribution in [0.1, 0.15) is 43.7 Å². The van der Waals surface area contributed by atoms with E-state index in [1.807, 2.05) is 36.6 Å². The maximum Gasteiger partial charge on any atom is 0.240 e. The van der Waals surface area contributed by atoms with E-state index in [1.54, 1.807) is 11.3 Å². The molecule has 1 aromatic heterocycles. The van der Waals surface area contributed by atoms with Crippen molar-refractivity contribution in [3.05, 3.63) is 39.1 Å². The maximum absolute atomic E-state index is 12.4. The lowest BCUT2D eigenvalue weighted by Crippen LogP contribution is -2.52. The highest BCUT2D eigenvalue weighted by atomic mass is 79.9. The summed E-state index contributed by atoms with van der Waals surface area (Å²) in [5.74, 6) is -0.0529. The van der Waals surface area contributed by atoms with Gasteiger partial charge in [-0.05, 0) is 31.9 Å². The number of nitrogens with two attached hydrogens (primary N) is 1. The number of hydrogen-bond donors (Lipinski definition) is 2. The van der Waals surface area contributed by atoms with Gasteiger partial charge in [0.1, 0.15) is 5.01 Å². The first-order valence-electron chi connectivity index (χ1n) is 7.79. The number of carbonyl (C=O) groups excluding carboxylic acids is 1. The first-order valence-corrected chi connectivity index (χ1v) is 9.46. The molecule has 122 valence electrons. The van der Waals surface area contributed by atoms with Gasteiger partial charge in [-0.1, -0.05) is 40.9 Å². The van der Waals surface area contributed by atoms with Crippen molar-refractivity contribution in [1.29, 1.82) is 0 Å². The molecule has 1 fully saturated rings. The lowest BCUT2D eigenvalue weighted by atomic mass is 9.98. The second-order valence-electron chi connectivity index (χ2n) is 6.14. The number of rotatable bonds is 4. The van der Waals surface area contributed by atoms with E-state index in [9.17, 15) is 4.79 Å². The number of benzene rings is 1. The van der Waals surface area contributed by atoms with Gasteiger partial charge in [-0.3, -0.25) is 4.79 Å². The summed E-state index contributed by atoms with van der Waals surface area (Å²) in [6.07, 6.45) is 3.60. The van der Waals surface area contributed by atoms with Crippen LogP contribution in [0.25, 0.3) is 11.3 Å². The van der Waals surface area contributed by atoms with Gasteiger partial charge in [0.05, 0.1) is 17.3 Å². The van der Waals surface area contributed by atoms with Gasteiger partial charge in [-0.25, -0.2) is 4.98 Å². The van der Waals surface area contributed by atoms with Gasteiger partial charge >= 0.3 is 0 Å². The first kappa shape index (κ1) is 16.6. The van der Waals surface area contributed by atoms with Crippen LogP contribution < -0.4 is 11.1 Å². The van der Waals surface area contributed by atoms with E-state index in [0.29, 0.717) is 0 Å². The molecule has 1 heterocycles. The summed E-state index contributed by atoms with van der Waals surface area (Å²) in [6, 6.07) is 7.92. The van der Waals surface area contributed by atoms with Crippen molar-refractivity contribution in [2.75, 3.05) is 0 Å². The van der Waals surface area contributed by atoms with E-state index < -0.39 is 5.54 Å². The minimum Gasteiger partial charge on any atom is -0.346 e. The summed E-state index contributed by atoms with van der Waals surface area (Å²) >= 11 is 5.00. The maximum atomic E-state index is 12.4. The van der Waals surface area contributed by atoms with Crippen LogP contribution in [-0.2, 0) is 4.79 Å². The molecule has 1 amide bonds. The fourth-order valence-corrected chi connectivity index (χ4v) is 3.97. The third-order valence-electron chi connectivity index (χ3n) is 4.33. The molecule has 2 aromatic rings. The third kappa shape index (κ3) is 3.65. The fourth-order valence-electron chi connectivity index (χ4n) is 2.87. The van der Waals surface area contributed by atoms with Gasteiger partial charge in [0.15, 0.2) is 0 Å². The molecule has 0 bridgehead atoms. The second-order valence-corrected chi connectivity index (χ2v) is 7.94. The van der Waals surface area contributed by atoms with Gasteiger partial charge in [0.2, 0.25) is 5.91 Å². The zero-order valence-electron chi connectivity index (χ0n) is 13.0. The van der Waals surface area contributed by atoms with Gasteiger partial charge in [-0.15, -0.1) is 11.3 Å². The van der Waals surface area contributed by atoms with Crippen LogP contribution in [0.2, 0.25) is 0 Å². The molecule has 1 unspecified atom stereocenters. The summed E-state index contributed by atoms with van der Waals surface area (Å²) in [7, 11) is 0. The summed E-state index contributed by atoms with van der Waals surface area (Å²) in [6.45, 7) is 1.96. The van der Waals surface area contributed by atoms with Crippen molar-refractivity contribution in [2.45, 2.75) is 44.2 Å². The van der Waals surface area contributed by atoms with Crippen LogP contribution in [0.5, 0.6) is 0 Å². The molecule has 3 rings (SSSR count). The Bertz CT molecular complexity index is 692. The van der Waals surface area contributed by atoms with Crippen molar-refractivity contribution in [1.82, 2.24) is 10.3 Å². The van der Waals surface area contributed by atoms with Gasteiger partial charge in [-0.2, -0.15) is 0 Å². The molecule has 23 heavy (non-hydrogen) atoms. The average Bonchev–Trinajstić information content (AvgIpc) is 3.18. The van der Waals surface area contributed by atoms with Crippen LogP contribution in [0, 0.1) is 0 Å². The number of amides is 1. The second kappa shape index (κ2) is 6.71. The predicted octanol–water partition coefficient (Wildman–Crippen LogP) is 4.02. The summed E-state index contributed by atoms with van der Waals surface area (Å²) in [4.78, 5) is 17.1. The summed E-state index contributed by atoms with van der Waals surface area (Å²) in [5, 5.41) is 5.95. The molecule has 0 saturated heterocycles. The topological polar surface area (TPSA) is 68.0 Å². The quantitative estimate of drug-likeness (QED) is 0.823. The Morgan fingerprint density at radius 2 is 2.00 bits per heavy atom. The smallest absolute Gasteiger partial charge is 0.240 e. The van der Waals surface area contributed by atoms with Crippen LogP contribution in [-0.4, -0.2) is 16.4 Å². The van der Waals surface area contributed by atoms with E-state index in [-0.39, 0.29) is 11.9 Å². The van der Waals surface area contributed by atoms with E-state index in [4.69, 9.17) is 5.73 Å². The molecular weight excluding hydrogens is 374 g/mol. The molecule has 3 N–H and O–H groups in total. The van der Waals surface area contributed by atoms with Gasteiger partial charge in [0, 0.05) is 15.4 Å². The van der Waals surface area contributed by atoms with Crippen molar-refractivity contribution in [2.24, 2.45) is 5.73 Å². The highest BCUT2D eigenvalue weighted by Crippen LogP contribution is 2.30. The molecule has 0 aliphatic heterocycles. The minimum absolute atomic E-state index is 0.0529. The molecule has 1 saturated carbocycles. The van der Waals surface area contributed by atoms with Crippen molar-refractivity contribution >= 4 is 33.2 Å². The molecule has 1 aliphatic carbocycles. The molecule has 4 nitrogen and oxygen atoms in total. The van der Waals surface area contributed by atoms with Crippen LogP contribution in [0.4, 0.5) is 0 Å². The Labute approximate surface area is 148 Å². The van der Waals surface area contributed by atoms with Crippen molar-refractivity contribution in [3.63, 3.8) is 0 Å².